The second kappa shape index (κ2) is 7.43. The molecule has 1 aromatic rings. The summed E-state index contributed by atoms with van der Waals surface area (Å²) in [5.74, 6) is 1.75. The molecule has 21 heavy (non-hydrogen) atoms. The zero-order chi connectivity index (χ0) is 15.6. The third-order valence-electron chi connectivity index (χ3n) is 4.94. The Hall–Kier alpha value is -0.120. The van der Waals surface area contributed by atoms with Gasteiger partial charge in [-0.05, 0) is 72.5 Å². The van der Waals surface area contributed by atoms with E-state index in [2.05, 4.69) is 35.1 Å². The third kappa shape index (κ3) is 3.80. The van der Waals surface area contributed by atoms with Crippen LogP contribution in [0.3, 0.4) is 0 Å². The van der Waals surface area contributed by atoms with E-state index in [1.165, 1.54) is 12.8 Å². The minimum atomic E-state index is -0.295. The van der Waals surface area contributed by atoms with Crippen molar-refractivity contribution >= 4 is 27.5 Å². The highest BCUT2D eigenvalue weighted by molar-refractivity contribution is 9.10. The Morgan fingerprint density at radius 1 is 1.19 bits per heavy atom. The summed E-state index contributed by atoms with van der Waals surface area (Å²) in [7, 11) is 1.91. The average Bonchev–Trinajstić information content (AvgIpc) is 2.48. The number of rotatable bonds is 4. The van der Waals surface area contributed by atoms with E-state index in [9.17, 15) is 4.39 Å². The molecule has 0 radical (unpaired) electrons. The van der Waals surface area contributed by atoms with E-state index >= 15 is 0 Å². The van der Waals surface area contributed by atoms with E-state index in [1.807, 2.05) is 19.2 Å². The maximum atomic E-state index is 14.5. The molecule has 1 unspecified atom stereocenters. The molecular weight excluding hydrogens is 353 g/mol. The first-order valence-electron chi connectivity index (χ1n) is 7.76. The summed E-state index contributed by atoms with van der Waals surface area (Å²) in [5, 5.41) is 3.49. The van der Waals surface area contributed by atoms with Gasteiger partial charge in [0.25, 0.3) is 0 Å². The molecule has 1 fully saturated rings. The smallest absolute Gasteiger partial charge is 0.147 e. The molecule has 0 aromatic heterocycles. The summed E-state index contributed by atoms with van der Waals surface area (Å²) in [6.45, 7) is 4.60. The van der Waals surface area contributed by atoms with Gasteiger partial charge in [0.1, 0.15) is 5.82 Å². The molecule has 0 bridgehead atoms. The van der Waals surface area contributed by atoms with Crippen molar-refractivity contribution in [3.05, 3.63) is 33.0 Å². The second-order valence-corrected chi connectivity index (χ2v) is 7.68. The van der Waals surface area contributed by atoms with E-state index in [0.29, 0.717) is 16.0 Å². The zero-order valence-corrected chi connectivity index (χ0v) is 15.3. The van der Waals surface area contributed by atoms with Gasteiger partial charge in [0.15, 0.2) is 0 Å². The first kappa shape index (κ1) is 17.2. The Bertz CT molecular complexity index is 484. The van der Waals surface area contributed by atoms with Gasteiger partial charge in [-0.15, -0.1) is 0 Å². The highest BCUT2D eigenvalue weighted by atomic mass is 79.9. The molecule has 1 nitrogen and oxygen atoms in total. The van der Waals surface area contributed by atoms with Crippen molar-refractivity contribution in [3.8, 4) is 0 Å². The third-order valence-corrected chi connectivity index (χ3v) is 6.20. The van der Waals surface area contributed by atoms with Crippen molar-refractivity contribution in [2.75, 3.05) is 7.05 Å². The molecule has 1 aliphatic rings. The number of benzene rings is 1. The molecule has 1 N–H and O–H groups in total. The first-order valence-corrected chi connectivity index (χ1v) is 8.93. The van der Waals surface area contributed by atoms with E-state index in [-0.39, 0.29) is 16.9 Å². The first-order chi connectivity index (χ1) is 9.95. The molecule has 0 spiro atoms. The number of halogens is 3. The normalized spacial score (nSPS) is 24.3. The Morgan fingerprint density at radius 3 is 2.29 bits per heavy atom. The summed E-state index contributed by atoms with van der Waals surface area (Å²) >= 11 is 9.32. The van der Waals surface area contributed by atoms with Crippen LogP contribution in [0.15, 0.2) is 16.6 Å². The van der Waals surface area contributed by atoms with Crippen LogP contribution in [0.1, 0.15) is 51.1 Å². The Morgan fingerprint density at radius 2 is 1.76 bits per heavy atom. The van der Waals surface area contributed by atoms with Gasteiger partial charge in [-0.2, -0.15) is 0 Å². The monoisotopic (exact) mass is 375 g/mol. The Balaban J connectivity index is 2.16. The molecule has 0 saturated heterocycles. The second-order valence-electron chi connectivity index (χ2n) is 6.45. The van der Waals surface area contributed by atoms with Gasteiger partial charge in [0.05, 0.1) is 5.02 Å². The largest absolute Gasteiger partial charge is 0.313 e. The maximum absolute atomic E-state index is 14.5. The summed E-state index contributed by atoms with van der Waals surface area (Å²) < 4.78 is 15.1. The van der Waals surface area contributed by atoms with Gasteiger partial charge in [0, 0.05) is 16.1 Å². The minimum absolute atomic E-state index is 0.0451. The van der Waals surface area contributed by atoms with Crippen LogP contribution in [0.2, 0.25) is 5.02 Å². The van der Waals surface area contributed by atoms with E-state index in [0.717, 1.165) is 24.7 Å². The molecule has 1 saturated carbocycles. The lowest BCUT2D eigenvalue weighted by Gasteiger charge is -2.35. The summed E-state index contributed by atoms with van der Waals surface area (Å²) in [6, 6.07) is 3.73. The molecule has 0 amide bonds. The molecule has 1 aromatic carbocycles. The molecule has 1 aliphatic carbocycles. The Kier molecular flexibility index (Phi) is 6.10. The zero-order valence-electron chi connectivity index (χ0n) is 12.9. The number of hydrogen-bond donors (Lipinski definition) is 1. The van der Waals surface area contributed by atoms with Crippen LogP contribution in [-0.4, -0.2) is 7.05 Å². The topological polar surface area (TPSA) is 12.0 Å². The van der Waals surface area contributed by atoms with E-state index in [4.69, 9.17) is 11.6 Å². The van der Waals surface area contributed by atoms with Crippen LogP contribution in [-0.2, 0) is 0 Å². The summed E-state index contributed by atoms with van der Waals surface area (Å²) in [4.78, 5) is 0. The highest BCUT2D eigenvalue weighted by Crippen LogP contribution is 2.41. The lowest BCUT2D eigenvalue weighted by Crippen LogP contribution is -2.30. The van der Waals surface area contributed by atoms with Crippen molar-refractivity contribution in [2.45, 2.75) is 45.6 Å². The van der Waals surface area contributed by atoms with E-state index in [1.54, 1.807) is 0 Å². The van der Waals surface area contributed by atoms with Crippen molar-refractivity contribution in [2.24, 2.45) is 17.8 Å². The Labute approximate surface area is 140 Å². The fourth-order valence-electron chi connectivity index (χ4n) is 3.57. The van der Waals surface area contributed by atoms with E-state index < -0.39 is 0 Å². The number of nitrogens with one attached hydrogen (secondary N) is 1. The van der Waals surface area contributed by atoms with Gasteiger partial charge >= 0.3 is 0 Å². The fourth-order valence-corrected chi connectivity index (χ4v) is 4.05. The minimum Gasteiger partial charge on any atom is -0.313 e. The van der Waals surface area contributed by atoms with Crippen molar-refractivity contribution in [1.29, 1.82) is 0 Å². The molecule has 0 heterocycles. The van der Waals surface area contributed by atoms with Crippen molar-refractivity contribution in [3.63, 3.8) is 0 Å². The SMILES string of the molecule is CNC(c1ccc(Br)c(Cl)c1F)C1CCC(C(C)C)CC1. The van der Waals surface area contributed by atoms with Gasteiger partial charge in [-0.25, -0.2) is 4.39 Å². The van der Waals surface area contributed by atoms with Crippen LogP contribution in [0, 0.1) is 23.6 Å². The lowest BCUT2D eigenvalue weighted by molar-refractivity contribution is 0.191. The summed E-state index contributed by atoms with van der Waals surface area (Å²) in [6.07, 6.45) is 4.79. The average molecular weight is 377 g/mol. The molecule has 4 heteroatoms. The molecule has 2 rings (SSSR count). The lowest BCUT2D eigenvalue weighted by atomic mass is 9.73. The van der Waals surface area contributed by atoms with Crippen LogP contribution in [0.5, 0.6) is 0 Å². The number of hydrogen-bond acceptors (Lipinski definition) is 1. The van der Waals surface area contributed by atoms with Crippen LogP contribution in [0.4, 0.5) is 4.39 Å². The standard InChI is InChI=1S/C17H24BrClFN/c1-10(2)11-4-6-12(7-5-11)17(21-3)13-8-9-14(18)15(19)16(13)20/h8-12,17,21H,4-7H2,1-3H3. The summed E-state index contributed by atoms with van der Waals surface area (Å²) in [5.41, 5.74) is 0.693. The van der Waals surface area contributed by atoms with Gasteiger partial charge in [-0.1, -0.05) is 31.5 Å². The highest BCUT2D eigenvalue weighted by Gasteiger charge is 2.30. The predicted molar refractivity (Wildman–Crippen MR) is 91.2 cm³/mol. The predicted octanol–water partition coefficient (Wildman–Crippen LogP) is 5.96. The molecule has 118 valence electrons. The van der Waals surface area contributed by atoms with Crippen LogP contribution < -0.4 is 5.32 Å². The van der Waals surface area contributed by atoms with Crippen molar-refractivity contribution < 1.29 is 4.39 Å². The van der Waals surface area contributed by atoms with Crippen LogP contribution >= 0.6 is 27.5 Å². The van der Waals surface area contributed by atoms with Gasteiger partial charge < -0.3 is 5.32 Å². The van der Waals surface area contributed by atoms with Crippen molar-refractivity contribution in [1.82, 2.24) is 5.32 Å². The quantitative estimate of drug-likeness (QED) is 0.639. The van der Waals surface area contributed by atoms with Gasteiger partial charge in [0.2, 0.25) is 0 Å². The maximum Gasteiger partial charge on any atom is 0.147 e. The molecular formula is C17H24BrClFN. The molecule has 1 atom stereocenters. The molecule has 0 aliphatic heterocycles. The van der Waals surface area contributed by atoms with Gasteiger partial charge in [-0.3, -0.25) is 0 Å². The fraction of sp³-hybridized carbons (Fsp3) is 0.647. The van der Waals surface area contributed by atoms with Crippen LogP contribution in [0.25, 0.3) is 0 Å².